The Kier molecular flexibility index (Phi) is 8.99. The summed E-state index contributed by atoms with van der Waals surface area (Å²) < 4.78 is 3.73. The minimum Gasteiger partial charge on any atom is -0.507 e. The SMILES string of the molecule is Cc1nn(C(C)(C)C)c(O)c1C1=C(O)/C(=C2/C=CC(=[N+](CCN(C)N3CCCC3)CCN(C)N3CCCC3)C=C2O)C1=O. The van der Waals surface area contributed by atoms with Crippen molar-refractivity contribution >= 4 is 17.1 Å². The minimum atomic E-state index is -0.505. The molecule has 2 fully saturated rings. The van der Waals surface area contributed by atoms with Gasteiger partial charge in [-0.25, -0.2) is 29.3 Å². The average Bonchev–Trinajstić information content (AvgIpc) is 3.73. The van der Waals surface area contributed by atoms with Gasteiger partial charge in [0.15, 0.2) is 13.1 Å². The van der Waals surface area contributed by atoms with E-state index in [2.05, 4.69) is 43.8 Å². The van der Waals surface area contributed by atoms with Gasteiger partial charge in [0, 0.05) is 51.9 Å². The van der Waals surface area contributed by atoms with Gasteiger partial charge in [0.25, 0.3) is 0 Å². The van der Waals surface area contributed by atoms with Crippen molar-refractivity contribution < 1.29 is 24.7 Å². The van der Waals surface area contributed by atoms with Gasteiger partial charge in [0.05, 0.1) is 47.1 Å². The molecular formula is C32H48N7O4+. The number of hydrogen-bond acceptors (Lipinski definition) is 9. The minimum absolute atomic E-state index is 0.0282. The molecular weight excluding hydrogens is 546 g/mol. The summed E-state index contributed by atoms with van der Waals surface area (Å²) in [6, 6.07) is 0. The summed E-state index contributed by atoms with van der Waals surface area (Å²) in [4.78, 5) is 13.4. The van der Waals surface area contributed by atoms with Gasteiger partial charge >= 0.3 is 0 Å². The van der Waals surface area contributed by atoms with Crippen LogP contribution in [0.3, 0.4) is 0 Å². The van der Waals surface area contributed by atoms with Crippen LogP contribution in [0.4, 0.5) is 0 Å². The molecule has 1 aromatic rings. The molecule has 0 aromatic carbocycles. The van der Waals surface area contributed by atoms with E-state index in [0.29, 0.717) is 5.69 Å². The molecule has 3 heterocycles. The quantitative estimate of drug-likeness (QED) is 0.293. The van der Waals surface area contributed by atoms with Crippen molar-refractivity contribution in [3.05, 3.63) is 52.1 Å². The van der Waals surface area contributed by atoms with Crippen molar-refractivity contribution in [2.24, 2.45) is 0 Å². The molecule has 11 heteroatoms. The zero-order chi connectivity index (χ0) is 31.1. The summed E-state index contributed by atoms with van der Waals surface area (Å²) >= 11 is 0. The van der Waals surface area contributed by atoms with Crippen molar-refractivity contribution in [2.45, 2.75) is 58.9 Å². The van der Waals surface area contributed by atoms with E-state index in [1.54, 1.807) is 19.1 Å². The fourth-order valence-corrected chi connectivity index (χ4v) is 6.36. The molecule has 1 aromatic heterocycles. The van der Waals surface area contributed by atoms with Crippen molar-refractivity contribution in [3.8, 4) is 5.88 Å². The Morgan fingerprint density at radius 3 is 1.86 bits per heavy atom. The predicted molar refractivity (Wildman–Crippen MR) is 167 cm³/mol. The number of aliphatic hydroxyl groups excluding tert-OH is 2. The van der Waals surface area contributed by atoms with E-state index < -0.39 is 11.3 Å². The summed E-state index contributed by atoms with van der Waals surface area (Å²) in [6.07, 6.45) is 10.2. The molecule has 0 radical (unpaired) electrons. The van der Waals surface area contributed by atoms with Crippen molar-refractivity contribution in [1.82, 2.24) is 29.8 Å². The molecule has 4 aliphatic rings. The van der Waals surface area contributed by atoms with Crippen LogP contribution in [-0.4, -0.2) is 128 Å². The number of allylic oxidation sites excluding steroid dienone is 5. The highest BCUT2D eigenvalue weighted by Gasteiger charge is 2.42. The average molecular weight is 595 g/mol. The Hall–Kier alpha value is -3.25. The van der Waals surface area contributed by atoms with E-state index in [9.17, 15) is 20.1 Å². The first-order chi connectivity index (χ1) is 20.4. The normalized spacial score (nSPS) is 22.0. The first-order valence-corrected chi connectivity index (χ1v) is 15.5. The molecule has 2 aliphatic heterocycles. The topological polar surface area (TPSA) is 112 Å². The molecule has 0 unspecified atom stereocenters. The number of Topliss-reactive ketones (excluding diaryl/α,β-unsaturated/α-hetero) is 1. The molecule has 0 amide bonds. The highest BCUT2D eigenvalue weighted by atomic mass is 16.3. The maximum absolute atomic E-state index is 13.4. The summed E-state index contributed by atoms with van der Waals surface area (Å²) in [5.41, 5.74) is 1.40. The predicted octanol–water partition coefficient (Wildman–Crippen LogP) is 3.15. The van der Waals surface area contributed by atoms with Crippen molar-refractivity contribution in [1.29, 1.82) is 0 Å². The molecule has 5 rings (SSSR count). The number of aromatic nitrogens is 2. The number of carbonyl (C=O) groups excluding carboxylic acids is 1. The number of ketones is 1. The summed E-state index contributed by atoms with van der Waals surface area (Å²) in [6.45, 7) is 15.0. The number of rotatable bonds is 9. The lowest BCUT2D eigenvalue weighted by Gasteiger charge is -2.28. The van der Waals surface area contributed by atoms with E-state index in [1.165, 1.54) is 30.4 Å². The number of aliphatic hydroxyl groups is 2. The molecule has 0 atom stereocenters. The summed E-state index contributed by atoms with van der Waals surface area (Å²) in [5.74, 6) is -0.893. The van der Waals surface area contributed by atoms with E-state index in [1.807, 2.05) is 26.8 Å². The maximum Gasteiger partial charge on any atom is 0.218 e. The fourth-order valence-electron chi connectivity index (χ4n) is 6.36. The van der Waals surface area contributed by atoms with Crippen LogP contribution in [0.15, 0.2) is 40.9 Å². The first-order valence-electron chi connectivity index (χ1n) is 15.5. The molecule has 2 aliphatic carbocycles. The van der Waals surface area contributed by atoms with E-state index in [-0.39, 0.29) is 39.7 Å². The van der Waals surface area contributed by atoms with Gasteiger partial charge in [-0.1, -0.05) is 0 Å². The molecule has 0 spiro atoms. The number of aromatic hydroxyl groups is 1. The zero-order valence-corrected chi connectivity index (χ0v) is 26.6. The number of likely N-dealkylation sites (N-methyl/N-ethyl adjacent to an activating group) is 2. The molecule has 0 bridgehead atoms. The maximum atomic E-state index is 13.4. The molecule has 0 saturated carbocycles. The second-order valence-corrected chi connectivity index (χ2v) is 13.1. The van der Waals surface area contributed by atoms with Crippen LogP contribution in [-0.2, 0) is 10.3 Å². The highest BCUT2D eigenvalue weighted by molar-refractivity contribution is 6.40. The van der Waals surface area contributed by atoms with Crippen LogP contribution >= 0.6 is 0 Å². The number of hydrazine groups is 2. The number of carbonyl (C=O) groups is 1. The van der Waals surface area contributed by atoms with Gasteiger partial charge in [-0.2, -0.15) is 5.10 Å². The standard InChI is InChI=1S/C32H47N7O4/c1-22-26(31(43)39(33-22)32(2,3)4)28-29(41)27(30(28)42)24-12-11-23(21-25(24)40)36(19-17-34(5)37-13-7-8-14-37)20-18-35(6)38-15-9-10-16-38/h11-12,21H,7-10,13-20H2,1-6H3,(H2,33,40,41,42,43)/p+1. The van der Waals surface area contributed by atoms with E-state index in [0.717, 1.165) is 58.1 Å². The number of aryl methyl sites for hydroxylation is 1. The van der Waals surface area contributed by atoms with Crippen LogP contribution < -0.4 is 0 Å². The van der Waals surface area contributed by atoms with Gasteiger partial charge in [0.2, 0.25) is 17.4 Å². The third-order valence-electron chi connectivity index (χ3n) is 8.98. The van der Waals surface area contributed by atoms with Crippen LogP contribution in [0, 0.1) is 6.92 Å². The van der Waals surface area contributed by atoms with Crippen LogP contribution in [0.5, 0.6) is 5.88 Å². The smallest absolute Gasteiger partial charge is 0.218 e. The number of nitrogens with zero attached hydrogens (tertiary/aromatic N) is 7. The Bertz CT molecular complexity index is 1390. The Morgan fingerprint density at radius 2 is 1.42 bits per heavy atom. The Labute approximate surface area is 254 Å². The largest absolute Gasteiger partial charge is 0.507 e. The second-order valence-electron chi connectivity index (χ2n) is 13.1. The van der Waals surface area contributed by atoms with Crippen molar-refractivity contribution in [2.75, 3.05) is 66.5 Å². The third-order valence-corrected chi connectivity index (χ3v) is 8.98. The number of hydrogen-bond donors (Lipinski definition) is 3. The van der Waals surface area contributed by atoms with Crippen molar-refractivity contribution in [3.63, 3.8) is 0 Å². The van der Waals surface area contributed by atoms with Gasteiger partial charge < -0.3 is 15.3 Å². The molecule has 2 saturated heterocycles. The first kappa shape index (κ1) is 31.2. The van der Waals surface area contributed by atoms with Crippen LogP contribution in [0.2, 0.25) is 0 Å². The van der Waals surface area contributed by atoms with Crippen LogP contribution in [0.1, 0.15) is 57.7 Å². The lowest BCUT2D eigenvalue weighted by molar-refractivity contribution is -0.529. The summed E-state index contributed by atoms with van der Waals surface area (Å²) in [7, 11) is 4.27. The molecule has 3 N–H and O–H groups in total. The van der Waals surface area contributed by atoms with Gasteiger partial charge in [-0.3, -0.25) is 4.79 Å². The van der Waals surface area contributed by atoms with Crippen LogP contribution in [0.25, 0.3) is 5.57 Å². The lowest BCUT2D eigenvalue weighted by atomic mass is 9.79. The summed E-state index contributed by atoms with van der Waals surface area (Å²) in [5, 5.41) is 46.8. The van der Waals surface area contributed by atoms with Gasteiger partial charge in [-0.05, 0) is 59.5 Å². The highest BCUT2D eigenvalue weighted by Crippen LogP contribution is 2.44. The molecule has 11 nitrogen and oxygen atoms in total. The lowest BCUT2D eigenvalue weighted by Crippen LogP contribution is -2.44. The van der Waals surface area contributed by atoms with Gasteiger partial charge in [-0.15, -0.1) is 0 Å². The second kappa shape index (κ2) is 12.4. The fraction of sp³-hybridized carbons (Fsp3) is 0.594. The van der Waals surface area contributed by atoms with Gasteiger partial charge in [0.1, 0.15) is 11.5 Å². The molecule has 43 heavy (non-hydrogen) atoms. The Morgan fingerprint density at radius 1 is 0.884 bits per heavy atom. The third kappa shape index (κ3) is 6.22. The zero-order valence-electron chi connectivity index (χ0n) is 26.6. The Balaban J connectivity index is 1.41. The monoisotopic (exact) mass is 594 g/mol. The molecule has 234 valence electrons. The van der Waals surface area contributed by atoms with E-state index >= 15 is 0 Å². The van der Waals surface area contributed by atoms with E-state index in [4.69, 9.17) is 0 Å².